The van der Waals surface area contributed by atoms with Crippen LogP contribution in [-0.4, -0.2) is 43.7 Å². The molecule has 2 aromatic rings. The van der Waals surface area contributed by atoms with Gasteiger partial charge in [-0.05, 0) is 11.6 Å². The summed E-state index contributed by atoms with van der Waals surface area (Å²) in [5.41, 5.74) is 1.32. The Kier molecular flexibility index (Phi) is 4.01. The molecule has 0 spiro atoms. The van der Waals surface area contributed by atoms with Crippen LogP contribution >= 0.6 is 0 Å². The molecule has 1 N–H and O–H groups in total. The fraction of sp³-hybridized carbons (Fsp3) is 0.375. The Balaban J connectivity index is 1.78. The third kappa shape index (κ3) is 3.13. The van der Waals surface area contributed by atoms with Gasteiger partial charge in [0.25, 0.3) is 0 Å². The Morgan fingerprint density at radius 1 is 1.19 bits per heavy atom. The molecule has 5 heteroatoms. The minimum Gasteiger partial charge on any atom is -0.353 e. The average molecular weight is 283 g/mol. The first-order valence-corrected chi connectivity index (χ1v) is 7.27. The summed E-state index contributed by atoms with van der Waals surface area (Å²) in [6.45, 7) is 2.85. The number of rotatable bonds is 3. The first kappa shape index (κ1) is 13.8. The van der Waals surface area contributed by atoms with Gasteiger partial charge in [0, 0.05) is 46.0 Å². The molecule has 0 radical (unpaired) electrons. The lowest BCUT2D eigenvalue weighted by molar-refractivity contribution is 0.469. The summed E-state index contributed by atoms with van der Waals surface area (Å²) in [6, 6.07) is 12.9. The highest BCUT2D eigenvalue weighted by molar-refractivity contribution is 5.44. The van der Waals surface area contributed by atoms with Crippen LogP contribution in [0.5, 0.6) is 0 Å². The SMILES string of the molecule is CN(C)c1nccc(N2CCNC(c3ccccc3)C2)n1. The van der Waals surface area contributed by atoms with Crippen LogP contribution in [0, 0.1) is 0 Å². The number of anilines is 2. The number of benzene rings is 1. The Labute approximate surface area is 125 Å². The second kappa shape index (κ2) is 6.10. The lowest BCUT2D eigenvalue weighted by atomic mass is 10.0. The Bertz CT molecular complexity index is 584. The normalized spacial score (nSPS) is 18.6. The van der Waals surface area contributed by atoms with Gasteiger partial charge in [0.2, 0.25) is 5.95 Å². The van der Waals surface area contributed by atoms with Crippen LogP contribution in [0.1, 0.15) is 11.6 Å². The van der Waals surface area contributed by atoms with Gasteiger partial charge in [-0.25, -0.2) is 4.98 Å². The summed E-state index contributed by atoms with van der Waals surface area (Å²) in [5.74, 6) is 1.75. The maximum Gasteiger partial charge on any atom is 0.226 e. The van der Waals surface area contributed by atoms with Gasteiger partial charge >= 0.3 is 0 Å². The predicted molar refractivity (Wildman–Crippen MR) is 85.8 cm³/mol. The van der Waals surface area contributed by atoms with Crippen LogP contribution in [0.2, 0.25) is 0 Å². The molecule has 1 aromatic carbocycles. The second-order valence-corrected chi connectivity index (χ2v) is 5.47. The fourth-order valence-electron chi connectivity index (χ4n) is 2.60. The van der Waals surface area contributed by atoms with E-state index in [0.29, 0.717) is 6.04 Å². The molecule has 1 aliphatic rings. The lowest BCUT2D eigenvalue weighted by Gasteiger charge is -2.35. The molecule has 110 valence electrons. The van der Waals surface area contributed by atoms with E-state index >= 15 is 0 Å². The average Bonchev–Trinajstić information content (AvgIpc) is 2.56. The second-order valence-electron chi connectivity index (χ2n) is 5.47. The molecule has 1 saturated heterocycles. The van der Waals surface area contributed by atoms with E-state index in [1.54, 1.807) is 0 Å². The van der Waals surface area contributed by atoms with Crippen molar-refractivity contribution < 1.29 is 0 Å². The van der Waals surface area contributed by atoms with Crippen molar-refractivity contribution in [3.05, 3.63) is 48.2 Å². The van der Waals surface area contributed by atoms with Crippen LogP contribution in [0.25, 0.3) is 0 Å². The molecular formula is C16H21N5. The molecule has 1 atom stereocenters. The maximum atomic E-state index is 4.64. The van der Waals surface area contributed by atoms with E-state index in [9.17, 15) is 0 Å². The molecule has 0 amide bonds. The van der Waals surface area contributed by atoms with Crippen molar-refractivity contribution in [3.63, 3.8) is 0 Å². The highest BCUT2D eigenvalue weighted by Gasteiger charge is 2.21. The molecule has 2 heterocycles. The molecule has 1 unspecified atom stereocenters. The van der Waals surface area contributed by atoms with Gasteiger partial charge in [-0.1, -0.05) is 30.3 Å². The van der Waals surface area contributed by atoms with Crippen molar-refractivity contribution in [2.45, 2.75) is 6.04 Å². The highest BCUT2D eigenvalue weighted by atomic mass is 15.3. The zero-order chi connectivity index (χ0) is 14.7. The molecule has 21 heavy (non-hydrogen) atoms. The van der Waals surface area contributed by atoms with Crippen molar-refractivity contribution >= 4 is 11.8 Å². The molecule has 1 aliphatic heterocycles. The quantitative estimate of drug-likeness (QED) is 0.929. The zero-order valence-electron chi connectivity index (χ0n) is 12.5. The van der Waals surface area contributed by atoms with Crippen LogP contribution in [-0.2, 0) is 0 Å². The summed E-state index contributed by atoms with van der Waals surface area (Å²) in [4.78, 5) is 13.2. The van der Waals surface area contributed by atoms with Gasteiger partial charge in [0.15, 0.2) is 0 Å². The maximum absolute atomic E-state index is 4.64. The Hall–Kier alpha value is -2.14. The number of hydrogen-bond acceptors (Lipinski definition) is 5. The Morgan fingerprint density at radius 3 is 2.76 bits per heavy atom. The van der Waals surface area contributed by atoms with Crippen LogP contribution in [0.3, 0.4) is 0 Å². The molecule has 0 saturated carbocycles. The van der Waals surface area contributed by atoms with E-state index < -0.39 is 0 Å². The predicted octanol–water partition coefficient (Wildman–Crippen LogP) is 1.69. The molecular weight excluding hydrogens is 262 g/mol. The van der Waals surface area contributed by atoms with E-state index in [1.165, 1.54) is 5.56 Å². The molecule has 0 aliphatic carbocycles. The van der Waals surface area contributed by atoms with Crippen molar-refractivity contribution in [1.82, 2.24) is 15.3 Å². The summed E-state index contributed by atoms with van der Waals surface area (Å²) >= 11 is 0. The van der Waals surface area contributed by atoms with Crippen LogP contribution < -0.4 is 15.1 Å². The first-order chi connectivity index (χ1) is 10.2. The highest BCUT2D eigenvalue weighted by Crippen LogP contribution is 2.21. The van der Waals surface area contributed by atoms with Crippen molar-refractivity contribution in [1.29, 1.82) is 0 Å². The summed E-state index contributed by atoms with van der Waals surface area (Å²) in [5, 5.41) is 3.58. The number of nitrogens with one attached hydrogen (secondary N) is 1. The van der Waals surface area contributed by atoms with E-state index in [2.05, 4.69) is 50.5 Å². The monoisotopic (exact) mass is 283 g/mol. The van der Waals surface area contributed by atoms with Gasteiger partial charge in [0.05, 0.1) is 0 Å². The molecule has 1 aromatic heterocycles. The van der Waals surface area contributed by atoms with E-state index in [1.807, 2.05) is 31.3 Å². The van der Waals surface area contributed by atoms with E-state index in [-0.39, 0.29) is 0 Å². The van der Waals surface area contributed by atoms with Crippen LogP contribution in [0.4, 0.5) is 11.8 Å². The van der Waals surface area contributed by atoms with Gasteiger partial charge in [0.1, 0.15) is 5.82 Å². The third-order valence-corrected chi connectivity index (χ3v) is 3.73. The van der Waals surface area contributed by atoms with Gasteiger partial charge in [-0.2, -0.15) is 4.98 Å². The van der Waals surface area contributed by atoms with Crippen molar-refractivity contribution in [2.75, 3.05) is 43.5 Å². The topological polar surface area (TPSA) is 44.3 Å². The molecule has 3 rings (SSSR count). The zero-order valence-corrected chi connectivity index (χ0v) is 12.5. The fourth-order valence-corrected chi connectivity index (χ4v) is 2.60. The van der Waals surface area contributed by atoms with Crippen LogP contribution in [0.15, 0.2) is 42.6 Å². The first-order valence-electron chi connectivity index (χ1n) is 7.27. The number of aromatic nitrogens is 2. The molecule has 5 nitrogen and oxygen atoms in total. The Morgan fingerprint density at radius 2 is 2.00 bits per heavy atom. The number of nitrogens with zero attached hydrogens (tertiary/aromatic N) is 4. The largest absolute Gasteiger partial charge is 0.353 e. The third-order valence-electron chi connectivity index (χ3n) is 3.73. The van der Waals surface area contributed by atoms with Crippen molar-refractivity contribution in [3.8, 4) is 0 Å². The van der Waals surface area contributed by atoms with E-state index in [0.717, 1.165) is 31.4 Å². The molecule has 1 fully saturated rings. The summed E-state index contributed by atoms with van der Waals surface area (Å²) < 4.78 is 0. The molecule has 0 bridgehead atoms. The van der Waals surface area contributed by atoms with Gasteiger partial charge < -0.3 is 15.1 Å². The van der Waals surface area contributed by atoms with Gasteiger partial charge in [-0.3, -0.25) is 0 Å². The minimum atomic E-state index is 0.345. The lowest BCUT2D eigenvalue weighted by Crippen LogP contribution is -2.46. The smallest absolute Gasteiger partial charge is 0.226 e. The summed E-state index contributed by atoms with van der Waals surface area (Å²) in [7, 11) is 3.92. The minimum absolute atomic E-state index is 0.345. The summed E-state index contributed by atoms with van der Waals surface area (Å²) in [6.07, 6.45) is 1.83. The number of piperazine rings is 1. The number of hydrogen-bond donors (Lipinski definition) is 1. The van der Waals surface area contributed by atoms with E-state index in [4.69, 9.17) is 0 Å². The standard InChI is InChI=1S/C16H21N5/c1-20(2)16-18-9-8-15(19-16)21-11-10-17-14(12-21)13-6-4-3-5-7-13/h3-9,14,17H,10-12H2,1-2H3. The van der Waals surface area contributed by atoms with Gasteiger partial charge in [-0.15, -0.1) is 0 Å². The van der Waals surface area contributed by atoms with Crippen molar-refractivity contribution in [2.24, 2.45) is 0 Å².